The maximum Gasteiger partial charge on any atom is 0.330 e. The van der Waals surface area contributed by atoms with Gasteiger partial charge in [-0.05, 0) is 19.8 Å². The monoisotopic (exact) mass is 256 g/mol. The van der Waals surface area contributed by atoms with E-state index in [0.29, 0.717) is 19.4 Å². The van der Waals surface area contributed by atoms with Crippen molar-refractivity contribution in [1.82, 2.24) is 10.2 Å². The van der Waals surface area contributed by atoms with Gasteiger partial charge in [-0.25, -0.2) is 4.79 Å². The van der Waals surface area contributed by atoms with E-state index in [2.05, 4.69) is 5.32 Å². The van der Waals surface area contributed by atoms with Crippen LogP contribution >= 0.6 is 0 Å². The molecule has 4 amide bonds. The number of carbonyl (C=O) groups is 3. The number of nitrogens with zero attached hydrogens (tertiary/aromatic N) is 1. The first-order valence-electron chi connectivity index (χ1n) is 6.28. The van der Waals surface area contributed by atoms with Crippen molar-refractivity contribution in [3.8, 4) is 0 Å². The number of hydrogen-bond acceptors (Lipinski definition) is 4. The summed E-state index contributed by atoms with van der Waals surface area (Å²) in [6.45, 7) is 6.37. The van der Waals surface area contributed by atoms with E-state index in [9.17, 15) is 14.4 Å². The molecule has 1 N–H and O–H groups in total. The third-order valence-corrected chi connectivity index (χ3v) is 3.43. The number of imide groups is 2. The highest BCUT2D eigenvalue weighted by Gasteiger charge is 2.51. The average molecular weight is 256 g/mol. The van der Waals surface area contributed by atoms with Crippen LogP contribution in [0.2, 0.25) is 0 Å². The van der Waals surface area contributed by atoms with Gasteiger partial charge in [0.1, 0.15) is 5.41 Å². The van der Waals surface area contributed by atoms with Crippen LogP contribution in [-0.4, -0.2) is 42.5 Å². The predicted molar refractivity (Wildman–Crippen MR) is 64.8 cm³/mol. The summed E-state index contributed by atoms with van der Waals surface area (Å²) in [6, 6.07) is -0.651. The summed E-state index contributed by atoms with van der Waals surface area (Å²) < 4.78 is 5.14. The molecular formula is C12H20N2O4. The van der Waals surface area contributed by atoms with Gasteiger partial charge in [0.25, 0.3) is 0 Å². The van der Waals surface area contributed by atoms with E-state index < -0.39 is 23.3 Å². The third-order valence-electron chi connectivity index (χ3n) is 3.43. The van der Waals surface area contributed by atoms with Crippen molar-refractivity contribution in [3.05, 3.63) is 0 Å². The molecule has 0 saturated carbocycles. The Labute approximate surface area is 107 Å². The number of carbonyl (C=O) groups excluding carboxylic acids is 3. The first kappa shape index (κ1) is 14.6. The van der Waals surface area contributed by atoms with E-state index in [1.807, 2.05) is 6.92 Å². The molecule has 1 heterocycles. The summed E-state index contributed by atoms with van der Waals surface area (Å²) in [7, 11) is 0. The fourth-order valence-corrected chi connectivity index (χ4v) is 2.11. The van der Waals surface area contributed by atoms with Crippen molar-refractivity contribution in [1.29, 1.82) is 0 Å². The summed E-state index contributed by atoms with van der Waals surface area (Å²) in [6.07, 6.45) is 0.763. The molecule has 1 aliphatic rings. The molecule has 1 rings (SSSR count). The predicted octanol–water partition coefficient (Wildman–Crippen LogP) is 0.908. The maximum atomic E-state index is 12.3. The maximum absolute atomic E-state index is 12.3. The molecule has 1 fully saturated rings. The number of rotatable bonds is 6. The van der Waals surface area contributed by atoms with Crippen molar-refractivity contribution in [2.75, 3.05) is 19.8 Å². The summed E-state index contributed by atoms with van der Waals surface area (Å²) in [4.78, 5) is 36.9. The third kappa shape index (κ3) is 2.38. The van der Waals surface area contributed by atoms with Gasteiger partial charge in [0.2, 0.25) is 11.8 Å². The Morgan fingerprint density at radius 1 is 1.17 bits per heavy atom. The lowest BCUT2D eigenvalue weighted by molar-refractivity contribution is -0.152. The van der Waals surface area contributed by atoms with Gasteiger partial charge in [-0.1, -0.05) is 13.8 Å². The summed E-state index contributed by atoms with van der Waals surface area (Å²) in [5, 5.41) is 2.25. The zero-order valence-electron chi connectivity index (χ0n) is 11.1. The van der Waals surface area contributed by atoms with Crippen LogP contribution in [0.1, 0.15) is 33.6 Å². The first-order chi connectivity index (χ1) is 8.53. The topological polar surface area (TPSA) is 75.7 Å². The molecule has 102 valence electrons. The lowest BCUT2D eigenvalue weighted by Gasteiger charge is -2.38. The average Bonchev–Trinajstić information content (AvgIpc) is 2.35. The Balaban J connectivity index is 2.88. The second-order valence-corrected chi connectivity index (χ2v) is 4.20. The first-order valence-corrected chi connectivity index (χ1v) is 6.28. The Kier molecular flexibility index (Phi) is 4.84. The number of hydrogen-bond donors (Lipinski definition) is 1. The second-order valence-electron chi connectivity index (χ2n) is 4.20. The van der Waals surface area contributed by atoms with Gasteiger partial charge in [-0.15, -0.1) is 0 Å². The fourth-order valence-electron chi connectivity index (χ4n) is 2.11. The second kappa shape index (κ2) is 5.95. The van der Waals surface area contributed by atoms with Gasteiger partial charge in [0, 0.05) is 6.61 Å². The van der Waals surface area contributed by atoms with E-state index in [4.69, 9.17) is 4.74 Å². The molecule has 1 saturated heterocycles. The molecule has 0 aliphatic carbocycles. The fraction of sp³-hybridized carbons (Fsp3) is 0.750. The van der Waals surface area contributed by atoms with Crippen LogP contribution in [0.15, 0.2) is 0 Å². The number of ether oxygens (including phenoxy) is 1. The van der Waals surface area contributed by atoms with E-state index in [0.717, 1.165) is 4.90 Å². The Hall–Kier alpha value is -1.43. The zero-order valence-corrected chi connectivity index (χ0v) is 11.1. The molecule has 0 atom stereocenters. The molecule has 18 heavy (non-hydrogen) atoms. The number of barbiturate groups is 1. The molecule has 1 aliphatic heterocycles. The minimum atomic E-state index is -1.11. The summed E-state index contributed by atoms with van der Waals surface area (Å²) in [5.74, 6) is -0.906. The number of urea groups is 1. The van der Waals surface area contributed by atoms with Crippen LogP contribution in [0.3, 0.4) is 0 Å². The van der Waals surface area contributed by atoms with E-state index in [-0.39, 0.29) is 13.2 Å². The van der Waals surface area contributed by atoms with Crippen LogP contribution in [-0.2, 0) is 14.3 Å². The van der Waals surface area contributed by atoms with Gasteiger partial charge in [-0.2, -0.15) is 0 Å². The molecule has 0 aromatic carbocycles. The molecular weight excluding hydrogens is 236 g/mol. The largest absolute Gasteiger partial charge is 0.380 e. The van der Waals surface area contributed by atoms with Gasteiger partial charge >= 0.3 is 6.03 Å². The zero-order chi connectivity index (χ0) is 13.8. The lowest BCUT2D eigenvalue weighted by Crippen LogP contribution is -2.64. The number of amides is 4. The van der Waals surface area contributed by atoms with E-state index >= 15 is 0 Å². The summed E-state index contributed by atoms with van der Waals surface area (Å²) >= 11 is 0. The molecule has 0 aromatic rings. The SMILES string of the molecule is CCOCCN1C(=O)NC(=O)C(CC)(CC)C1=O. The minimum Gasteiger partial charge on any atom is -0.380 e. The quantitative estimate of drug-likeness (QED) is 0.566. The molecule has 6 heteroatoms. The Morgan fingerprint density at radius 2 is 1.78 bits per heavy atom. The molecule has 0 aromatic heterocycles. The molecule has 0 radical (unpaired) electrons. The summed E-state index contributed by atoms with van der Waals surface area (Å²) in [5.41, 5.74) is -1.11. The normalized spacial score (nSPS) is 19.1. The van der Waals surface area contributed by atoms with Crippen molar-refractivity contribution >= 4 is 17.8 Å². The highest BCUT2D eigenvalue weighted by atomic mass is 16.5. The number of nitrogens with one attached hydrogen (secondary N) is 1. The standard InChI is InChI=1S/C12H20N2O4/c1-4-12(5-2)9(15)13-11(17)14(10(12)16)7-8-18-6-3/h4-8H2,1-3H3,(H,13,15,17). The van der Waals surface area contributed by atoms with Crippen LogP contribution in [0.5, 0.6) is 0 Å². The van der Waals surface area contributed by atoms with Crippen molar-refractivity contribution in [2.45, 2.75) is 33.6 Å². The molecule has 0 spiro atoms. The van der Waals surface area contributed by atoms with Crippen molar-refractivity contribution < 1.29 is 19.1 Å². The Morgan fingerprint density at radius 3 is 2.28 bits per heavy atom. The van der Waals surface area contributed by atoms with Gasteiger partial charge in [-0.3, -0.25) is 19.8 Å². The molecule has 6 nitrogen and oxygen atoms in total. The molecule has 0 bridgehead atoms. The van der Waals surface area contributed by atoms with Gasteiger partial charge in [0.05, 0.1) is 13.2 Å². The van der Waals surface area contributed by atoms with Crippen LogP contribution in [0, 0.1) is 5.41 Å². The lowest BCUT2D eigenvalue weighted by atomic mass is 9.78. The highest BCUT2D eigenvalue weighted by molar-refractivity contribution is 6.19. The smallest absolute Gasteiger partial charge is 0.330 e. The molecule has 0 unspecified atom stereocenters. The van der Waals surface area contributed by atoms with E-state index in [1.54, 1.807) is 13.8 Å². The highest BCUT2D eigenvalue weighted by Crippen LogP contribution is 2.32. The van der Waals surface area contributed by atoms with Crippen molar-refractivity contribution in [2.24, 2.45) is 5.41 Å². The van der Waals surface area contributed by atoms with Gasteiger partial charge < -0.3 is 4.74 Å². The van der Waals surface area contributed by atoms with Crippen LogP contribution < -0.4 is 5.32 Å². The minimum absolute atomic E-state index is 0.174. The van der Waals surface area contributed by atoms with Crippen LogP contribution in [0.25, 0.3) is 0 Å². The van der Waals surface area contributed by atoms with Gasteiger partial charge in [0.15, 0.2) is 0 Å². The van der Waals surface area contributed by atoms with Crippen LogP contribution in [0.4, 0.5) is 4.79 Å². The Bertz CT molecular complexity index is 350. The van der Waals surface area contributed by atoms with Crippen molar-refractivity contribution in [3.63, 3.8) is 0 Å². The van der Waals surface area contributed by atoms with E-state index in [1.165, 1.54) is 0 Å².